The van der Waals surface area contributed by atoms with E-state index in [-0.39, 0.29) is 29.2 Å². The lowest BCUT2D eigenvalue weighted by Gasteiger charge is -2.26. The smallest absolute Gasteiger partial charge is 0.335 e. The van der Waals surface area contributed by atoms with Crippen molar-refractivity contribution in [1.29, 1.82) is 0 Å². The van der Waals surface area contributed by atoms with E-state index in [9.17, 15) is 23.6 Å². The SMILES string of the molecule is O=C1NC(=O)N(c2ccc(F)cc2)C(=O)/C1=C/c1cc(Cl)ccc1OCc1ccc(C(=O)O)cc1. The largest absolute Gasteiger partial charge is 0.488 e. The van der Waals surface area contributed by atoms with Gasteiger partial charge >= 0.3 is 12.0 Å². The van der Waals surface area contributed by atoms with Gasteiger partial charge in [-0.25, -0.2) is 18.9 Å². The number of anilines is 1. The number of barbiturate groups is 1. The molecule has 0 spiro atoms. The van der Waals surface area contributed by atoms with Crippen LogP contribution in [0.4, 0.5) is 14.9 Å². The average Bonchev–Trinajstić information content (AvgIpc) is 2.82. The zero-order valence-electron chi connectivity index (χ0n) is 17.8. The van der Waals surface area contributed by atoms with Crippen LogP contribution in [0.15, 0.2) is 72.3 Å². The Morgan fingerprint density at radius 2 is 1.71 bits per heavy atom. The minimum absolute atomic E-state index is 0.0675. The second kappa shape index (κ2) is 9.78. The molecule has 2 N–H and O–H groups in total. The van der Waals surface area contributed by atoms with E-state index < -0.39 is 29.6 Å². The van der Waals surface area contributed by atoms with Gasteiger partial charge in [0.15, 0.2) is 0 Å². The molecule has 176 valence electrons. The maximum absolute atomic E-state index is 13.3. The molecule has 0 unspecified atom stereocenters. The zero-order valence-corrected chi connectivity index (χ0v) is 18.6. The molecule has 35 heavy (non-hydrogen) atoms. The molecule has 1 aliphatic heterocycles. The molecule has 1 heterocycles. The summed E-state index contributed by atoms with van der Waals surface area (Å²) in [6.07, 6.45) is 1.25. The Morgan fingerprint density at radius 3 is 2.37 bits per heavy atom. The summed E-state index contributed by atoms with van der Waals surface area (Å²) in [5.41, 5.74) is 0.842. The van der Waals surface area contributed by atoms with Crippen molar-refractivity contribution in [2.24, 2.45) is 0 Å². The fourth-order valence-corrected chi connectivity index (χ4v) is 3.49. The van der Waals surface area contributed by atoms with Crippen molar-refractivity contribution in [3.8, 4) is 5.75 Å². The first kappa shape index (κ1) is 23.7. The average molecular weight is 495 g/mol. The Balaban J connectivity index is 1.63. The molecule has 3 aromatic rings. The number of carbonyl (C=O) groups is 4. The van der Waals surface area contributed by atoms with Crippen LogP contribution in [0.5, 0.6) is 5.75 Å². The van der Waals surface area contributed by atoms with E-state index in [2.05, 4.69) is 5.32 Å². The molecule has 0 radical (unpaired) electrons. The van der Waals surface area contributed by atoms with Crippen LogP contribution >= 0.6 is 11.6 Å². The molecule has 1 aliphatic rings. The first-order valence-corrected chi connectivity index (χ1v) is 10.5. The number of hydrogen-bond donors (Lipinski definition) is 2. The molecule has 0 saturated carbocycles. The molecular formula is C25H16ClFN2O6. The highest BCUT2D eigenvalue weighted by molar-refractivity contribution is 6.39. The Bertz CT molecular complexity index is 1370. The number of rotatable bonds is 6. The molecule has 0 aliphatic carbocycles. The number of imide groups is 2. The van der Waals surface area contributed by atoms with Crippen LogP contribution < -0.4 is 15.0 Å². The Hall–Kier alpha value is -4.50. The molecule has 1 fully saturated rings. The van der Waals surface area contributed by atoms with E-state index in [1.807, 2.05) is 0 Å². The van der Waals surface area contributed by atoms with Crippen LogP contribution in [0.25, 0.3) is 6.08 Å². The van der Waals surface area contributed by atoms with Crippen molar-refractivity contribution < 1.29 is 33.4 Å². The summed E-state index contributed by atoms with van der Waals surface area (Å²) in [7, 11) is 0. The highest BCUT2D eigenvalue weighted by Gasteiger charge is 2.37. The van der Waals surface area contributed by atoms with E-state index in [0.717, 1.165) is 17.0 Å². The number of nitrogens with zero attached hydrogens (tertiary/aromatic N) is 1. The zero-order chi connectivity index (χ0) is 25.1. The van der Waals surface area contributed by atoms with Crippen LogP contribution in [0, 0.1) is 5.82 Å². The predicted molar refractivity (Wildman–Crippen MR) is 125 cm³/mol. The fourth-order valence-electron chi connectivity index (χ4n) is 3.31. The van der Waals surface area contributed by atoms with Crippen LogP contribution in [-0.4, -0.2) is 28.9 Å². The van der Waals surface area contributed by atoms with Gasteiger partial charge in [0.2, 0.25) is 0 Å². The van der Waals surface area contributed by atoms with Crippen molar-refractivity contribution in [3.05, 3.63) is 99.8 Å². The third kappa shape index (κ3) is 5.20. The van der Waals surface area contributed by atoms with Crippen molar-refractivity contribution in [2.45, 2.75) is 6.61 Å². The van der Waals surface area contributed by atoms with Gasteiger partial charge in [-0.1, -0.05) is 23.7 Å². The lowest BCUT2D eigenvalue weighted by molar-refractivity contribution is -0.122. The van der Waals surface area contributed by atoms with E-state index in [4.69, 9.17) is 21.4 Å². The van der Waals surface area contributed by atoms with Crippen LogP contribution in [0.3, 0.4) is 0 Å². The molecule has 0 aromatic heterocycles. The number of aromatic carboxylic acids is 1. The Labute approximate surface area is 203 Å². The van der Waals surface area contributed by atoms with Gasteiger partial charge in [-0.2, -0.15) is 0 Å². The standard InChI is InChI=1S/C25H16ClFN2O6/c26-17-5-10-21(35-13-14-1-3-15(4-2-14)24(32)33)16(11-17)12-20-22(30)28-25(34)29(23(20)31)19-8-6-18(27)7-9-19/h1-12H,13H2,(H,32,33)(H,28,30,34)/b20-12+. The van der Waals surface area contributed by atoms with Gasteiger partial charge in [-0.3, -0.25) is 14.9 Å². The molecule has 3 aromatic carbocycles. The number of ether oxygens (including phenoxy) is 1. The summed E-state index contributed by atoms with van der Waals surface area (Å²) in [6, 6.07) is 14.4. The molecule has 4 amide bonds. The highest BCUT2D eigenvalue weighted by Crippen LogP contribution is 2.28. The number of benzene rings is 3. The summed E-state index contributed by atoms with van der Waals surface area (Å²) in [6.45, 7) is 0.0675. The number of halogens is 2. The van der Waals surface area contributed by atoms with Crippen molar-refractivity contribution in [1.82, 2.24) is 5.32 Å². The number of carbonyl (C=O) groups excluding carboxylic acids is 3. The molecule has 0 bridgehead atoms. The van der Waals surface area contributed by atoms with Gasteiger partial charge in [0, 0.05) is 10.6 Å². The van der Waals surface area contributed by atoms with E-state index in [1.54, 1.807) is 24.3 Å². The third-order valence-electron chi connectivity index (χ3n) is 5.05. The van der Waals surface area contributed by atoms with Crippen molar-refractivity contribution in [2.75, 3.05) is 4.90 Å². The Kier molecular flexibility index (Phi) is 6.61. The molecular weight excluding hydrogens is 479 g/mol. The summed E-state index contributed by atoms with van der Waals surface area (Å²) < 4.78 is 19.1. The van der Waals surface area contributed by atoms with Gasteiger partial charge in [0.1, 0.15) is 23.7 Å². The minimum Gasteiger partial charge on any atom is -0.488 e. The van der Waals surface area contributed by atoms with Crippen LogP contribution in [-0.2, 0) is 16.2 Å². The number of carboxylic acids is 1. The summed E-state index contributed by atoms with van der Waals surface area (Å²) >= 11 is 6.11. The molecule has 8 nitrogen and oxygen atoms in total. The monoisotopic (exact) mass is 494 g/mol. The quantitative estimate of drug-likeness (QED) is 0.387. The molecule has 0 atom stereocenters. The number of nitrogens with one attached hydrogen (secondary N) is 1. The van der Waals surface area contributed by atoms with Gasteiger partial charge in [-0.05, 0) is 66.2 Å². The maximum Gasteiger partial charge on any atom is 0.335 e. The lowest BCUT2D eigenvalue weighted by atomic mass is 10.1. The Morgan fingerprint density at radius 1 is 1.03 bits per heavy atom. The third-order valence-corrected chi connectivity index (χ3v) is 5.29. The van der Waals surface area contributed by atoms with E-state index >= 15 is 0 Å². The van der Waals surface area contributed by atoms with Gasteiger partial charge < -0.3 is 9.84 Å². The summed E-state index contributed by atoms with van der Waals surface area (Å²) in [5, 5.41) is 11.4. The summed E-state index contributed by atoms with van der Waals surface area (Å²) in [4.78, 5) is 49.6. The second-order valence-corrected chi connectivity index (χ2v) is 7.84. The van der Waals surface area contributed by atoms with Crippen molar-refractivity contribution >= 4 is 47.2 Å². The van der Waals surface area contributed by atoms with Gasteiger partial charge in [0.05, 0.1) is 11.3 Å². The topological polar surface area (TPSA) is 113 Å². The normalized spacial score (nSPS) is 14.7. The van der Waals surface area contributed by atoms with Gasteiger partial charge in [0.25, 0.3) is 11.8 Å². The second-order valence-electron chi connectivity index (χ2n) is 7.41. The van der Waals surface area contributed by atoms with E-state index in [0.29, 0.717) is 16.1 Å². The maximum atomic E-state index is 13.3. The van der Waals surface area contributed by atoms with E-state index in [1.165, 1.54) is 36.4 Å². The number of hydrogen-bond acceptors (Lipinski definition) is 5. The number of carboxylic acid groups (broad SMARTS) is 1. The highest BCUT2D eigenvalue weighted by atomic mass is 35.5. The first-order valence-electron chi connectivity index (χ1n) is 10.1. The number of amides is 4. The van der Waals surface area contributed by atoms with Crippen LogP contribution in [0.1, 0.15) is 21.5 Å². The minimum atomic E-state index is -1.05. The molecule has 4 rings (SSSR count). The van der Waals surface area contributed by atoms with Crippen LogP contribution in [0.2, 0.25) is 5.02 Å². The molecule has 10 heteroatoms. The predicted octanol–water partition coefficient (Wildman–Crippen LogP) is 4.42. The van der Waals surface area contributed by atoms with Crippen molar-refractivity contribution in [3.63, 3.8) is 0 Å². The van der Waals surface area contributed by atoms with Gasteiger partial charge in [-0.15, -0.1) is 0 Å². The summed E-state index contributed by atoms with van der Waals surface area (Å²) in [5.74, 6) is -3.12. The number of urea groups is 1. The fraction of sp³-hybridized carbons (Fsp3) is 0.0400. The first-order chi connectivity index (χ1) is 16.7. The molecule has 1 saturated heterocycles. The lowest BCUT2D eigenvalue weighted by Crippen LogP contribution is -2.54.